The molecule has 0 aliphatic rings. The Morgan fingerprint density at radius 1 is 1.21 bits per heavy atom. The van der Waals surface area contributed by atoms with E-state index in [0.717, 1.165) is 17.4 Å². The predicted molar refractivity (Wildman–Crippen MR) is 105 cm³/mol. The van der Waals surface area contributed by atoms with Crippen LogP contribution in [0.2, 0.25) is 5.02 Å². The number of fused-ring (bicyclic) bond motifs is 1. The number of nitrogens with zero attached hydrogens (tertiary/aromatic N) is 4. The zero-order chi connectivity index (χ0) is 20.4. The lowest BCUT2D eigenvalue weighted by atomic mass is 10.2. The summed E-state index contributed by atoms with van der Waals surface area (Å²) in [5.74, 6) is -0.840. The van der Waals surface area contributed by atoms with Gasteiger partial charge in [0.15, 0.2) is 4.80 Å². The van der Waals surface area contributed by atoms with Crippen molar-refractivity contribution in [1.29, 1.82) is 0 Å². The molecule has 2 aromatic carbocycles. The summed E-state index contributed by atoms with van der Waals surface area (Å²) in [5, 5.41) is 22.3. The van der Waals surface area contributed by atoms with Crippen LogP contribution in [0.3, 0.4) is 0 Å². The number of allylic oxidation sites excluding steroid dienone is 1. The maximum atomic E-state index is 12.6. The van der Waals surface area contributed by atoms with Crippen molar-refractivity contribution >= 4 is 50.4 Å². The summed E-state index contributed by atoms with van der Waals surface area (Å²) in [6, 6.07) is 7.91. The molecule has 3 aromatic rings. The van der Waals surface area contributed by atoms with Crippen LogP contribution in [0.4, 0.5) is 11.4 Å². The molecule has 0 bridgehead atoms. The number of nitro groups is 2. The second-order valence-electron chi connectivity index (χ2n) is 5.53. The van der Waals surface area contributed by atoms with Crippen LogP contribution >= 0.6 is 22.9 Å². The molecule has 0 N–H and O–H groups in total. The monoisotopic (exact) mass is 418 g/mol. The van der Waals surface area contributed by atoms with Gasteiger partial charge in [0, 0.05) is 29.8 Å². The van der Waals surface area contributed by atoms with Crippen molar-refractivity contribution in [2.24, 2.45) is 4.99 Å². The highest BCUT2D eigenvalue weighted by atomic mass is 35.5. The average Bonchev–Trinajstić information content (AvgIpc) is 2.98. The van der Waals surface area contributed by atoms with Crippen LogP contribution in [-0.4, -0.2) is 20.3 Å². The second-order valence-corrected chi connectivity index (χ2v) is 6.97. The molecule has 9 nitrogen and oxygen atoms in total. The van der Waals surface area contributed by atoms with Crippen molar-refractivity contribution in [2.45, 2.75) is 6.54 Å². The number of carbonyl (C=O) groups is 1. The zero-order valence-electron chi connectivity index (χ0n) is 14.1. The first kappa shape index (κ1) is 19.4. The van der Waals surface area contributed by atoms with Crippen molar-refractivity contribution < 1.29 is 14.6 Å². The Kier molecular flexibility index (Phi) is 5.34. The minimum absolute atomic E-state index is 0.0946. The number of hydrogen-bond acceptors (Lipinski definition) is 6. The van der Waals surface area contributed by atoms with Crippen LogP contribution < -0.4 is 4.80 Å². The van der Waals surface area contributed by atoms with E-state index in [-0.39, 0.29) is 21.1 Å². The minimum atomic E-state index is -0.840. The Labute approximate surface area is 166 Å². The van der Waals surface area contributed by atoms with Crippen LogP contribution in [-0.2, 0) is 6.54 Å². The van der Waals surface area contributed by atoms with Gasteiger partial charge in [0.2, 0.25) is 0 Å². The van der Waals surface area contributed by atoms with Gasteiger partial charge in [0.1, 0.15) is 5.56 Å². The molecule has 1 amide bonds. The number of benzene rings is 2. The van der Waals surface area contributed by atoms with E-state index in [1.165, 1.54) is 24.3 Å². The van der Waals surface area contributed by atoms with E-state index in [1.54, 1.807) is 16.7 Å². The van der Waals surface area contributed by atoms with Gasteiger partial charge in [0.05, 0.1) is 20.1 Å². The molecule has 11 heteroatoms. The fourth-order valence-corrected chi connectivity index (χ4v) is 3.80. The van der Waals surface area contributed by atoms with Crippen molar-refractivity contribution in [3.63, 3.8) is 0 Å². The van der Waals surface area contributed by atoms with Gasteiger partial charge in [-0.25, -0.2) is 0 Å². The molecule has 0 fully saturated rings. The Bertz CT molecular complexity index is 1210. The Morgan fingerprint density at radius 2 is 1.96 bits per heavy atom. The summed E-state index contributed by atoms with van der Waals surface area (Å²) < 4.78 is 2.19. The first-order chi connectivity index (χ1) is 13.3. The fourth-order valence-electron chi connectivity index (χ4n) is 2.55. The molecule has 0 saturated carbocycles. The maximum Gasteiger partial charge on any atom is 0.286 e. The molecular weight excluding hydrogens is 408 g/mol. The third kappa shape index (κ3) is 3.68. The molecule has 0 radical (unpaired) electrons. The summed E-state index contributed by atoms with van der Waals surface area (Å²) in [7, 11) is 0. The topological polar surface area (TPSA) is 121 Å². The van der Waals surface area contributed by atoms with Crippen molar-refractivity contribution in [3.05, 3.63) is 84.7 Å². The Morgan fingerprint density at radius 3 is 2.61 bits per heavy atom. The van der Waals surface area contributed by atoms with Crippen molar-refractivity contribution in [1.82, 2.24) is 4.57 Å². The molecule has 1 heterocycles. The number of nitro benzene ring substituents is 2. The zero-order valence-corrected chi connectivity index (χ0v) is 15.6. The lowest BCUT2D eigenvalue weighted by molar-refractivity contribution is -0.385. The van der Waals surface area contributed by atoms with Gasteiger partial charge < -0.3 is 4.57 Å². The standard InChI is InChI=1S/C17H11ClN4O5S/c1-2-7-20-14-6-4-11(21(24)25)9-15(14)28-17(20)19-16(23)12-8-10(18)3-5-13(12)22(26)27/h2-6,8-9H,1,7H2. The molecule has 0 unspecified atom stereocenters. The number of halogens is 1. The number of hydrogen-bond donors (Lipinski definition) is 0. The average molecular weight is 419 g/mol. The SMILES string of the molecule is C=CCn1c(=NC(=O)c2cc(Cl)ccc2[N+](=O)[O-])sc2cc([N+](=O)[O-])ccc21. The van der Waals surface area contributed by atoms with Gasteiger partial charge >= 0.3 is 0 Å². The van der Waals surface area contributed by atoms with E-state index in [4.69, 9.17) is 11.6 Å². The highest BCUT2D eigenvalue weighted by Gasteiger charge is 2.21. The van der Waals surface area contributed by atoms with E-state index in [2.05, 4.69) is 11.6 Å². The van der Waals surface area contributed by atoms with Gasteiger partial charge in [-0.1, -0.05) is 29.0 Å². The van der Waals surface area contributed by atoms with Gasteiger partial charge in [-0.2, -0.15) is 4.99 Å². The van der Waals surface area contributed by atoms with E-state index in [0.29, 0.717) is 16.8 Å². The van der Waals surface area contributed by atoms with Gasteiger partial charge in [-0.05, 0) is 18.2 Å². The Hall–Kier alpha value is -3.37. The summed E-state index contributed by atoms with van der Waals surface area (Å²) in [6.45, 7) is 3.95. The summed E-state index contributed by atoms with van der Waals surface area (Å²) in [5.41, 5.74) is -0.123. The number of aromatic nitrogens is 1. The third-order valence-electron chi connectivity index (χ3n) is 3.77. The molecule has 28 heavy (non-hydrogen) atoms. The van der Waals surface area contributed by atoms with Gasteiger partial charge in [0.25, 0.3) is 17.3 Å². The first-order valence-corrected chi connectivity index (χ1v) is 8.93. The van der Waals surface area contributed by atoms with Crippen molar-refractivity contribution in [3.8, 4) is 0 Å². The van der Waals surface area contributed by atoms with Crippen LogP contribution in [0, 0.1) is 20.2 Å². The van der Waals surface area contributed by atoms with Gasteiger partial charge in [-0.3, -0.25) is 25.0 Å². The highest BCUT2D eigenvalue weighted by molar-refractivity contribution is 7.16. The summed E-state index contributed by atoms with van der Waals surface area (Å²) in [4.78, 5) is 37.8. The normalized spacial score (nSPS) is 11.5. The number of rotatable bonds is 5. The number of non-ortho nitro benzene ring substituents is 1. The highest BCUT2D eigenvalue weighted by Crippen LogP contribution is 2.25. The minimum Gasteiger partial charge on any atom is -0.312 e. The lowest BCUT2D eigenvalue weighted by Crippen LogP contribution is -2.16. The van der Waals surface area contributed by atoms with Crippen LogP contribution in [0.5, 0.6) is 0 Å². The van der Waals surface area contributed by atoms with Crippen LogP contribution in [0.1, 0.15) is 10.4 Å². The lowest BCUT2D eigenvalue weighted by Gasteiger charge is -2.01. The molecule has 0 aliphatic carbocycles. The smallest absolute Gasteiger partial charge is 0.286 e. The third-order valence-corrected chi connectivity index (χ3v) is 5.05. The number of thiazole rings is 1. The molecule has 1 aromatic heterocycles. The van der Waals surface area contributed by atoms with Gasteiger partial charge in [-0.15, -0.1) is 6.58 Å². The molecule has 0 spiro atoms. The molecule has 3 rings (SSSR count). The Balaban J connectivity index is 2.21. The largest absolute Gasteiger partial charge is 0.312 e. The quantitative estimate of drug-likeness (QED) is 0.351. The molecular formula is C17H11ClN4O5S. The van der Waals surface area contributed by atoms with E-state index in [1.807, 2.05) is 0 Å². The molecule has 0 aliphatic heterocycles. The molecule has 0 saturated heterocycles. The summed E-state index contributed by atoms with van der Waals surface area (Å²) >= 11 is 6.92. The summed E-state index contributed by atoms with van der Waals surface area (Å²) in [6.07, 6.45) is 1.58. The van der Waals surface area contributed by atoms with E-state index < -0.39 is 21.4 Å². The first-order valence-electron chi connectivity index (χ1n) is 7.73. The second kappa shape index (κ2) is 7.71. The van der Waals surface area contributed by atoms with E-state index in [9.17, 15) is 25.0 Å². The molecule has 0 atom stereocenters. The predicted octanol–water partition coefficient (Wildman–Crippen LogP) is 4.10. The molecule has 142 valence electrons. The maximum absolute atomic E-state index is 12.6. The number of carbonyl (C=O) groups excluding carboxylic acids is 1. The fraction of sp³-hybridized carbons (Fsp3) is 0.0588. The van der Waals surface area contributed by atoms with Crippen LogP contribution in [0.15, 0.2) is 54.0 Å². The van der Waals surface area contributed by atoms with Crippen LogP contribution in [0.25, 0.3) is 10.2 Å². The van der Waals surface area contributed by atoms with E-state index >= 15 is 0 Å². The van der Waals surface area contributed by atoms with Crippen molar-refractivity contribution in [2.75, 3.05) is 0 Å². The number of amides is 1.